The Balaban J connectivity index is 1.73. The van der Waals surface area contributed by atoms with E-state index in [0.29, 0.717) is 6.04 Å². The van der Waals surface area contributed by atoms with Crippen LogP contribution in [0.3, 0.4) is 0 Å². The predicted molar refractivity (Wildman–Crippen MR) is 79.7 cm³/mol. The van der Waals surface area contributed by atoms with Crippen LogP contribution in [0.4, 0.5) is 11.5 Å². The second-order valence-corrected chi connectivity index (χ2v) is 6.28. The summed E-state index contributed by atoms with van der Waals surface area (Å²) in [6.07, 6.45) is 7.14. The number of nitrogens with one attached hydrogen (secondary N) is 1. The number of anilines is 2. The van der Waals surface area contributed by atoms with Gasteiger partial charge in [-0.05, 0) is 43.6 Å². The summed E-state index contributed by atoms with van der Waals surface area (Å²) in [7, 11) is 0. The van der Waals surface area contributed by atoms with Crippen molar-refractivity contribution in [3.05, 3.63) is 18.3 Å². The van der Waals surface area contributed by atoms with Crippen LogP contribution in [0.15, 0.2) is 18.3 Å². The van der Waals surface area contributed by atoms with Gasteiger partial charge in [-0.25, -0.2) is 4.98 Å². The SMILES string of the molecule is c1cnc(N2CCCC2)c(NC2CCCSC2)c1. The van der Waals surface area contributed by atoms with Crippen LogP contribution in [0, 0.1) is 0 Å². The summed E-state index contributed by atoms with van der Waals surface area (Å²) < 4.78 is 0. The Kier molecular flexibility index (Phi) is 3.93. The van der Waals surface area contributed by atoms with E-state index in [2.05, 4.69) is 33.0 Å². The third-order valence-electron chi connectivity index (χ3n) is 3.71. The summed E-state index contributed by atoms with van der Waals surface area (Å²) in [4.78, 5) is 7.00. The van der Waals surface area contributed by atoms with E-state index >= 15 is 0 Å². The Bertz CT molecular complexity index is 384. The molecule has 2 aliphatic heterocycles. The van der Waals surface area contributed by atoms with Crippen LogP contribution in [-0.4, -0.2) is 35.6 Å². The van der Waals surface area contributed by atoms with E-state index in [1.54, 1.807) is 0 Å². The van der Waals surface area contributed by atoms with Crippen LogP contribution < -0.4 is 10.2 Å². The third-order valence-corrected chi connectivity index (χ3v) is 4.93. The van der Waals surface area contributed by atoms with Gasteiger partial charge in [0.15, 0.2) is 5.82 Å². The monoisotopic (exact) mass is 263 g/mol. The molecule has 0 bridgehead atoms. The van der Waals surface area contributed by atoms with Gasteiger partial charge in [-0.15, -0.1) is 0 Å². The minimum atomic E-state index is 0.620. The van der Waals surface area contributed by atoms with Gasteiger partial charge in [0.25, 0.3) is 0 Å². The summed E-state index contributed by atoms with van der Waals surface area (Å²) in [6, 6.07) is 4.84. The van der Waals surface area contributed by atoms with E-state index in [0.717, 1.165) is 18.9 Å². The summed E-state index contributed by atoms with van der Waals surface area (Å²) in [5.74, 6) is 3.71. The molecule has 3 heterocycles. The van der Waals surface area contributed by atoms with Crippen LogP contribution in [-0.2, 0) is 0 Å². The van der Waals surface area contributed by atoms with Gasteiger partial charge in [0.2, 0.25) is 0 Å². The normalized spacial score (nSPS) is 24.2. The van der Waals surface area contributed by atoms with E-state index in [1.807, 2.05) is 12.3 Å². The van der Waals surface area contributed by atoms with E-state index in [1.165, 1.54) is 42.9 Å². The lowest BCUT2D eigenvalue weighted by atomic mass is 10.2. The molecule has 3 nitrogen and oxygen atoms in total. The summed E-state index contributed by atoms with van der Waals surface area (Å²) >= 11 is 2.06. The standard InChI is InChI=1S/C14H21N3S/c1-2-9-17(8-1)14-13(6-3-7-15-14)16-12-5-4-10-18-11-12/h3,6-7,12,16H,1-2,4-5,8-11H2. The quantitative estimate of drug-likeness (QED) is 0.907. The third kappa shape index (κ3) is 2.74. The highest BCUT2D eigenvalue weighted by Gasteiger charge is 2.19. The largest absolute Gasteiger partial charge is 0.378 e. The molecule has 0 amide bonds. The minimum absolute atomic E-state index is 0.620. The van der Waals surface area contributed by atoms with Crippen LogP contribution in [0.1, 0.15) is 25.7 Å². The molecule has 2 fully saturated rings. The maximum Gasteiger partial charge on any atom is 0.151 e. The van der Waals surface area contributed by atoms with Crippen molar-refractivity contribution in [2.24, 2.45) is 0 Å². The lowest BCUT2D eigenvalue weighted by Crippen LogP contribution is -2.28. The lowest BCUT2D eigenvalue weighted by Gasteiger charge is -2.26. The van der Waals surface area contributed by atoms with Gasteiger partial charge in [-0.1, -0.05) is 0 Å². The summed E-state index contributed by atoms with van der Waals surface area (Å²) in [5, 5.41) is 3.70. The molecule has 0 aromatic carbocycles. The highest BCUT2D eigenvalue weighted by atomic mass is 32.2. The summed E-state index contributed by atoms with van der Waals surface area (Å²) in [6.45, 7) is 2.32. The van der Waals surface area contributed by atoms with Gasteiger partial charge in [0, 0.05) is 31.1 Å². The highest BCUT2D eigenvalue weighted by molar-refractivity contribution is 7.99. The lowest BCUT2D eigenvalue weighted by molar-refractivity contribution is 0.684. The molecule has 18 heavy (non-hydrogen) atoms. The van der Waals surface area contributed by atoms with E-state index in [-0.39, 0.29) is 0 Å². The van der Waals surface area contributed by atoms with Gasteiger partial charge >= 0.3 is 0 Å². The number of aromatic nitrogens is 1. The molecule has 2 saturated heterocycles. The minimum Gasteiger partial charge on any atom is -0.378 e. The Labute approximate surface area is 113 Å². The first-order valence-corrected chi connectivity index (χ1v) is 8.13. The van der Waals surface area contributed by atoms with Gasteiger partial charge in [-0.2, -0.15) is 11.8 Å². The topological polar surface area (TPSA) is 28.2 Å². The van der Waals surface area contributed by atoms with Crippen molar-refractivity contribution in [3.8, 4) is 0 Å². The molecular weight excluding hydrogens is 242 g/mol. The van der Waals surface area contributed by atoms with Crippen molar-refractivity contribution < 1.29 is 0 Å². The number of rotatable bonds is 3. The van der Waals surface area contributed by atoms with Crippen LogP contribution in [0.2, 0.25) is 0 Å². The van der Waals surface area contributed by atoms with Crippen molar-refractivity contribution in [1.29, 1.82) is 0 Å². The zero-order valence-corrected chi connectivity index (χ0v) is 11.6. The number of thioether (sulfide) groups is 1. The van der Waals surface area contributed by atoms with Crippen molar-refractivity contribution >= 4 is 23.3 Å². The van der Waals surface area contributed by atoms with E-state index in [9.17, 15) is 0 Å². The zero-order chi connectivity index (χ0) is 12.2. The average Bonchev–Trinajstić information content (AvgIpc) is 2.94. The molecule has 1 N–H and O–H groups in total. The Morgan fingerprint density at radius 1 is 1.28 bits per heavy atom. The molecule has 1 aromatic rings. The molecular formula is C14H21N3S. The predicted octanol–water partition coefficient (Wildman–Crippen LogP) is 2.99. The first-order chi connectivity index (χ1) is 8.93. The number of pyridine rings is 1. The molecule has 0 radical (unpaired) electrons. The van der Waals surface area contributed by atoms with Gasteiger partial charge in [-0.3, -0.25) is 0 Å². The molecule has 2 aliphatic rings. The second-order valence-electron chi connectivity index (χ2n) is 5.13. The molecule has 0 aliphatic carbocycles. The maximum absolute atomic E-state index is 4.58. The van der Waals surface area contributed by atoms with Crippen LogP contribution in [0.5, 0.6) is 0 Å². The molecule has 1 atom stereocenters. The van der Waals surface area contributed by atoms with E-state index in [4.69, 9.17) is 0 Å². The Hall–Kier alpha value is -0.900. The fraction of sp³-hybridized carbons (Fsp3) is 0.643. The molecule has 4 heteroatoms. The van der Waals surface area contributed by atoms with Gasteiger partial charge in [0.05, 0.1) is 5.69 Å². The zero-order valence-electron chi connectivity index (χ0n) is 10.8. The molecule has 0 saturated carbocycles. The number of hydrogen-bond acceptors (Lipinski definition) is 4. The van der Waals surface area contributed by atoms with Gasteiger partial charge in [0.1, 0.15) is 0 Å². The fourth-order valence-electron chi connectivity index (χ4n) is 2.77. The van der Waals surface area contributed by atoms with Crippen molar-refractivity contribution in [3.63, 3.8) is 0 Å². The van der Waals surface area contributed by atoms with Gasteiger partial charge < -0.3 is 10.2 Å². The molecule has 3 rings (SSSR count). The molecule has 98 valence electrons. The highest BCUT2D eigenvalue weighted by Crippen LogP contribution is 2.28. The first-order valence-electron chi connectivity index (χ1n) is 6.98. The van der Waals surface area contributed by atoms with Crippen molar-refractivity contribution in [2.75, 3.05) is 34.8 Å². The smallest absolute Gasteiger partial charge is 0.151 e. The van der Waals surface area contributed by atoms with Crippen LogP contribution in [0.25, 0.3) is 0 Å². The second kappa shape index (κ2) is 5.83. The molecule has 1 unspecified atom stereocenters. The first kappa shape index (κ1) is 12.2. The number of hydrogen-bond donors (Lipinski definition) is 1. The van der Waals surface area contributed by atoms with Crippen molar-refractivity contribution in [1.82, 2.24) is 4.98 Å². The molecule has 0 spiro atoms. The average molecular weight is 263 g/mol. The maximum atomic E-state index is 4.58. The number of nitrogens with zero attached hydrogens (tertiary/aromatic N) is 2. The Morgan fingerprint density at radius 2 is 2.17 bits per heavy atom. The van der Waals surface area contributed by atoms with Crippen LogP contribution >= 0.6 is 11.8 Å². The fourth-order valence-corrected chi connectivity index (χ4v) is 3.84. The Morgan fingerprint density at radius 3 is 2.94 bits per heavy atom. The summed E-state index contributed by atoms with van der Waals surface area (Å²) in [5.41, 5.74) is 1.23. The van der Waals surface area contributed by atoms with Crippen molar-refractivity contribution in [2.45, 2.75) is 31.7 Å². The molecule has 1 aromatic heterocycles. The van der Waals surface area contributed by atoms with E-state index < -0.39 is 0 Å².